The van der Waals surface area contributed by atoms with E-state index in [0.29, 0.717) is 5.92 Å². The van der Waals surface area contributed by atoms with Gasteiger partial charge in [0.1, 0.15) is 0 Å². The molecule has 0 aromatic rings. The molecule has 1 aliphatic carbocycles. The molecule has 0 aliphatic heterocycles. The van der Waals surface area contributed by atoms with E-state index in [1.807, 2.05) is 6.08 Å². The van der Waals surface area contributed by atoms with Crippen LogP contribution >= 0.6 is 0 Å². The molecule has 2 heteroatoms. The van der Waals surface area contributed by atoms with Gasteiger partial charge in [0.05, 0.1) is 5.76 Å². The molecule has 1 atom stereocenters. The summed E-state index contributed by atoms with van der Waals surface area (Å²) in [7, 11) is -1.40. The summed E-state index contributed by atoms with van der Waals surface area (Å²) in [5.41, 5.74) is 1.40. The molecule has 0 bridgehead atoms. The first-order valence-corrected chi connectivity index (χ1v) is 8.36. The van der Waals surface area contributed by atoms with E-state index in [1.165, 1.54) is 17.8 Å². The molecule has 0 N–H and O–H groups in total. The molecule has 1 aliphatic rings. The van der Waals surface area contributed by atoms with Crippen molar-refractivity contribution in [2.75, 3.05) is 0 Å². The first-order chi connectivity index (χ1) is 5.94. The van der Waals surface area contributed by atoms with Crippen LogP contribution in [0.1, 0.15) is 19.8 Å². The van der Waals surface area contributed by atoms with Crippen molar-refractivity contribution >= 4 is 8.32 Å². The summed E-state index contributed by atoms with van der Waals surface area (Å²) in [6.45, 7) is 12.7. The van der Waals surface area contributed by atoms with Crippen molar-refractivity contribution in [1.82, 2.24) is 0 Å². The van der Waals surface area contributed by atoms with Gasteiger partial charge in [-0.2, -0.15) is 0 Å². The molecule has 0 aromatic heterocycles. The molecule has 1 rings (SSSR count). The average Bonchev–Trinajstić information content (AvgIpc) is 2.30. The number of allylic oxidation sites excluding steroid dienone is 3. The maximum atomic E-state index is 6.01. The zero-order valence-corrected chi connectivity index (χ0v) is 10.2. The Morgan fingerprint density at radius 1 is 1.46 bits per heavy atom. The lowest BCUT2D eigenvalue weighted by atomic mass is 10.0. The summed E-state index contributed by atoms with van der Waals surface area (Å²) in [5.74, 6) is 1.80. The van der Waals surface area contributed by atoms with Crippen LogP contribution in [-0.4, -0.2) is 8.32 Å². The van der Waals surface area contributed by atoms with Crippen molar-refractivity contribution in [3.05, 3.63) is 24.0 Å². The van der Waals surface area contributed by atoms with Crippen molar-refractivity contribution in [3.8, 4) is 0 Å². The van der Waals surface area contributed by atoms with Gasteiger partial charge in [0.15, 0.2) is 0 Å². The highest BCUT2D eigenvalue weighted by molar-refractivity contribution is 6.70. The molecule has 0 heterocycles. The van der Waals surface area contributed by atoms with Gasteiger partial charge in [-0.15, -0.1) is 6.58 Å². The topological polar surface area (TPSA) is 9.23 Å². The molecule has 0 saturated carbocycles. The highest BCUT2D eigenvalue weighted by atomic mass is 28.4. The Bertz CT molecular complexity index is 235. The Kier molecular flexibility index (Phi) is 3.01. The second-order valence-corrected chi connectivity index (χ2v) is 9.13. The normalized spacial score (nSPS) is 23.5. The second-order valence-electron chi connectivity index (χ2n) is 4.70. The number of hydrogen-bond donors (Lipinski definition) is 0. The van der Waals surface area contributed by atoms with Crippen LogP contribution in [0.25, 0.3) is 0 Å². The second kappa shape index (κ2) is 3.70. The van der Waals surface area contributed by atoms with E-state index in [9.17, 15) is 0 Å². The molecule has 0 aromatic carbocycles. The van der Waals surface area contributed by atoms with Crippen LogP contribution < -0.4 is 0 Å². The van der Waals surface area contributed by atoms with Crippen LogP contribution in [0.3, 0.4) is 0 Å². The van der Waals surface area contributed by atoms with E-state index in [2.05, 4.69) is 33.1 Å². The Morgan fingerprint density at radius 3 is 2.46 bits per heavy atom. The fourth-order valence-corrected chi connectivity index (χ4v) is 2.71. The van der Waals surface area contributed by atoms with Crippen LogP contribution in [0.2, 0.25) is 19.6 Å². The minimum Gasteiger partial charge on any atom is -0.547 e. The third kappa shape index (κ3) is 2.73. The van der Waals surface area contributed by atoms with E-state index in [-0.39, 0.29) is 0 Å². The van der Waals surface area contributed by atoms with Gasteiger partial charge in [0.2, 0.25) is 8.32 Å². The maximum Gasteiger partial charge on any atom is 0.241 e. The van der Waals surface area contributed by atoms with E-state index in [4.69, 9.17) is 4.43 Å². The fraction of sp³-hybridized carbons (Fsp3) is 0.636. The summed E-state index contributed by atoms with van der Waals surface area (Å²) in [6, 6.07) is 0. The predicted octanol–water partition coefficient (Wildman–Crippen LogP) is 3.71. The monoisotopic (exact) mass is 196 g/mol. The van der Waals surface area contributed by atoms with E-state index in [1.54, 1.807) is 0 Å². The Balaban J connectivity index is 2.71. The molecule has 1 nitrogen and oxygen atoms in total. The van der Waals surface area contributed by atoms with Gasteiger partial charge in [-0.1, -0.05) is 6.08 Å². The Morgan fingerprint density at radius 2 is 2.08 bits per heavy atom. The van der Waals surface area contributed by atoms with Crippen LogP contribution in [0.5, 0.6) is 0 Å². The standard InChI is InChI=1S/C11H20OSi/c1-6-10-7-8-11(9(10)2)12-13(3,4)5/h6,10H,1,7-8H2,2-5H3/t10-/m0/s1. The lowest BCUT2D eigenvalue weighted by Gasteiger charge is -2.21. The largest absolute Gasteiger partial charge is 0.547 e. The molecule has 0 spiro atoms. The van der Waals surface area contributed by atoms with E-state index < -0.39 is 8.32 Å². The fourth-order valence-electron chi connectivity index (χ4n) is 1.70. The minimum atomic E-state index is -1.40. The summed E-state index contributed by atoms with van der Waals surface area (Å²) in [5, 5.41) is 0. The SMILES string of the molecule is C=C[C@H]1CCC(O[Si](C)(C)C)=C1C. The van der Waals surface area contributed by atoms with Crippen molar-refractivity contribution in [2.24, 2.45) is 5.92 Å². The summed E-state index contributed by atoms with van der Waals surface area (Å²) >= 11 is 0. The Labute approximate surface area is 82.6 Å². The van der Waals surface area contributed by atoms with Gasteiger partial charge in [-0.05, 0) is 38.6 Å². The zero-order valence-electron chi connectivity index (χ0n) is 9.18. The number of rotatable bonds is 3. The maximum absolute atomic E-state index is 6.01. The molecule has 0 unspecified atom stereocenters. The molecule has 0 radical (unpaired) electrons. The highest BCUT2D eigenvalue weighted by Crippen LogP contribution is 2.34. The van der Waals surface area contributed by atoms with Gasteiger partial charge >= 0.3 is 0 Å². The number of hydrogen-bond acceptors (Lipinski definition) is 1. The smallest absolute Gasteiger partial charge is 0.241 e. The third-order valence-corrected chi connectivity index (χ3v) is 3.25. The molecule has 0 saturated heterocycles. The van der Waals surface area contributed by atoms with Crippen molar-refractivity contribution < 1.29 is 4.43 Å². The third-order valence-electron chi connectivity index (χ3n) is 2.39. The summed E-state index contributed by atoms with van der Waals surface area (Å²) in [4.78, 5) is 0. The summed E-state index contributed by atoms with van der Waals surface area (Å²) < 4.78 is 6.01. The zero-order chi connectivity index (χ0) is 10.1. The van der Waals surface area contributed by atoms with E-state index >= 15 is 0 Å². The molecular formula is C11H20OSi. The van der Waals surface area contributed by atoms with Gasteiger partial charge in [0.25, 0.3) is 0 Å². The first kappa shape index (κ1) is 10.6. The van der Waals surface area contributed by atoms with Crippen molar-refractivity contribution in [1.29, 1.82) is 0 Å². The molecule has 74 valence electrons. The molecule has 0 fully saturated rings. The molecular weight excluding hydrogens is 176 g/mol. The van der Waals surface area contributed by atoms with Gasteiger partial charge in [0, 0.05) is 12.3 Å². The predicted molar refractivity (Wildman–Crippen MR) is 60.1 cm³/mol. The Hall–Kier alpha value is -0.503. The van der Waals surface area contributed by atoms with E-state index in [0.717, 1.165) is 6.42 Å². The van der Waals surface area contributed by atoms with Gasteiger partial charge in [-0.3, -0.25) is 0 Å². The van der Waals surface area contributed by atoms with Crippen LogP contribution in [-0.2, 0) is 4.43 Å². The van der Waals surface area contributed by atoms with Crippen LogP contribution in [0, 0.1) is 5.92 Å². The lowest BCUT2D eigenvalue weighted by molar-refractivity contribution is 0.404. The van der Waals surface area contributed by atoms with Gasteiger partial charge in [-0.25, -0.2) is 0 Å². The van der Waals surface area contributed by atoms with Crippen molar-refractivity contribution in [3.63, 3.8) is 0 Å². The first-order valence-electron chi connectivity index (χ1n) is 4.95. The molecule has 13 heavy (non-hydrogen) atoms. The minimum absolute atomic E-state index is 0.561. The summed E-state index contributed by atoms with van der Waals surface area (Å²) in [6.07, 6.45) is 4.33. The van der Waals surface area contributed by atoms with Gasteiger partial charge < -0.3 is 4.43 Å². The van der Waals surface area contributed by atoms with Crippen LogP contribution in [0.15, 0.2) is 24.0 Å². The highest BCUT2D eigenvalue weighted by Gasteiger charge is 2.25. The average molecular weight is 196 g/mol. The van der Waals surface area contributed by atoms with Crippen molar-refractivity contribution in [2.45, 2.75) is 39.4 Å². The van der Waals surface area contributed by atoms with Crippen LogP contribution in [0.4, 0.5) is 0 Å². The quantitative estimate of drug-likeness (QED) is 0.494. The molecule has 0 amide bonds. The lowest BCUT2D eigenvalue weighted by Crippen LogP contribution is -2.24.